The molecule has 1 aliphatic rings. The van der Waals surface area contributed by atoms with Crippen molar-refractivity contribution >= 4 is 5.97 Å². The van der Waals surface area contributed by atoms with Crippen molar-refractivity contribution in [3.05, 3.63) is 30.1 Å². The number of carboxylic acids is 1. The van der Waals surface area contributed by atoms with E-state index in [2.05, 4.69) is 11.9 Å². The number of pyridine rings is 1. The van der Waals surface area contributed by atoms with E-state index < -0.39 is 5.97 Å². The summed E-state index contributed by atoms with van der Waals surface area (Å²) in [6, 6.07) is 3.99. The first kappa shape index (κ1) is 13.1. The molecular weight excluding hydrogens is 226 g/mol. The lowest BCUT2D eigenvalue weighted by atomic mass is 9.71. The minimum absolute atomic E-state index is 0.166. The Hall–Kier alpha value is -1.38. The van der Waals surface area contributed by atoms with Gasteiger partial charge in [-0.25, -0.2) is 0 Å². The van der Waals surface area contributed by atoms with E-state index in [4.69, 9.17) is 0 Å². The molecule has 1 fully saturated rings. The molecule has 3 heteroatoms. The van der Waals surface area contributed by atoms with Gasteiger partial charge in [0.15, 0.2) is 0 Å². The SMILES string of the molecule is CCC1CCC(C(=O)O)C(Cc2ccncc2)C1. The third-order valence-electron chi connectivity index (χ3n) is 4.23. The molecule has 0 aliphatic heterocycles. The van der Waals surface area contributed by atoms with Crippen LogP contribution in [-0.2, 0) is 11.2 Å². The first-order chi connectivity index (χ1) is 8.70. The van der Waals surface area contributed by atoms with Crippen LogP contribution in [0.25, 0.3) is 0 Å². The Morgan fingerprint density at radius 1 is 1.39 bits per heavy atom. The first-order valence-electron chi connectivity index (χ1n) is 6.82. The standard InChI is InChI=1S/C15H21NO2/c1-2-11-3-4-14(15(17)18)13(9-11)10-12-5-7-16-8-6-12/h5-8,11,13-14H,2-4,9-10H2,1H3,(H,17,18). The van der Waals surface area contributed by atoms with Gasteiger partial charge in [0, 0.05) is 12.4 Å². The van der Waals surface area contributed by atoms with Crippen LogP contribution in [0.2, 0.25) is 0 Å². The van der Waals surface area contributed by atoms with Gasteiger partial charge in [0.2, 0.25) is 0 Å². The second-order valence-corrected chi connectivity index (χ2v) is 5.35. The molecular formula is C15H21NO2. The summed E-state index contributed by atoms with van der Waals surface area (Å²) in [7, 11) is 0. The molecule has 18 heavy (non-hydrogen) atoms. The van der Waals surface area contributed by atoms with Crippen molar-refractivity contribution in [3.8, 4) is 0 Å². The number of hydrogen-bond donors (Lipinski definition) is 1. The minimum Gasteiger partial charge on any atom is -0.481 e. The Bertz CT molecular complexity index is 391. The molecule has 0 bridgehead atoms. The fourth-order valence-corrected chi connectivity index (χ4v) is 3.10. The quantitative estimate of drug-likeness (QED) is 0.889. The summed E-state index contributed by atoms with van der Waals surface area (Å²) in [5.74, 6) is 0.195. The normalized spacial score (nSPS) is 27.9. The molecule has 0 saturated heterocycles. The summed E-state index contributed by atoms with van der Waals surface area (Å²) in [5, 5.41) is 9.33. The smallest absolute Gasteiger partial charge is 0.306 e. The van der Waals surface area contributed by atoms with Crippen LogP contribution >= 0.6 is 0 Å². The lowest BCUT2D eigenvalue weighted by Crippen LogP contribution is -2.31. The van der Waals surface area contributed by atoms with Crippen LogP contribution in [0, 0.1) is 17.8 Å². The summed E-state index contributed by atoms with van der Waals surface area (Å²) >= 11 is 0. The summed E-state index contributed by atoms with van der Waals surface area (Å²) in [6.45, 7) is 2.20. The number of rotatable bonds is 4. The highest BCUT2D eigenvalue weighted by Crippen LogP contribution is 2.37. The number of carboxylic acid groups (broad SMARTS) is 1. The largest absolute Gasteiger partial charge is 0.481 e. The molecule has 3 nitrogen and oxygen atoms in total. The Balaban J connectivity index is 2.07. The van der Waals surface area contributed by atoms with Gasteiger partial charge in [-0.15, -0.1) is 0 Å². The molecule has 0 aromatic carbocycles. The Morgan fingerprint density at radius 2 is 2.11 bits per heavy atom. The summed E-state index contributed by atoms with van der Waals surface area (Å²) < 4.78 is 0. The van der Waals surface area contributed by atoms with Gasteiger partial charge >= 0.3 is 5.97 Å². The monoisotopic (exact) mass is 247 g/mol. The van der Waals surface area contributed by atoms with Crippen molar-refractivity contribution in [2.45, 2.75) is 39.0 Å². The molecule has 3 unspecified atom stereocenters. The lowest BCUT2D eigenvalue weighted by Gasteiger charge is -2.33. The van der Waals surface area contributed by atoms with Crippen molar-refractivity contribution in [1.29, 1.82) is 0 Å². The van der Waals surface area contributed by atoms with Gasteiger partial charge in [-0.05, 0) is 55.2 Å². The Labute approximate surface area is 108 Å². The molecule has 1 aromatic rings. The number of carbonyl (C=O) groups is 1. The van der Waals surface area contributed by atoms with Crippen LogP contribution in [0.5, 0.6) is 0 Å². The molecule has 0 radical (unpaired) electrons. The summed E-state index contributed by atoms with van der Waals surface area (Å²) in [5.41, 5.74) is 1.21. The van der Waals surface area contributed by atoms with E-state index in [0.717, 1.165) is 25.7 Å². The second-order valence-electron chi connectivity index (χ2n) is 5.35. The van der Waals surface area contributed by atoms with Gasteiger partial charge in [-0.2, -0.15) is 0 Å². The van der Waals surface area contributed by atoms with Gasteiger partial charge in [0.05, 0.1) is 5.92 Å². The topological polar surface area (TPSA) is 50.2 Å². The molecule has 1 saturated carbocycles. The van der Waals surface area contributed by atoms with Crippen LogP contribution in [0.15, 0.2) is 24.5 Å². The zero-order valence-corrected chi connectivity index (χ0v) is 10.9. The van der Waals surface area contributed by atoms with Gasteiger partial charge in [0.25, 0.3) is 0 Å². The van der Waals surface area contributed by atoms with Crippen molar-refractivity contribution in [2.24, 2.45) is 17.8 Å². The van der Waals surface area contributed by atoms with Gasteiger partial charge in [0.1, 0.15) is 0 Å². The highest BCUT2D eigenvalue weighted by atomic mass is 16.4. The third-order valence-corrected chi connectivity index (χ3v) is 4.23. The van der Waals surface area contributed by atoms with E-state index in [1.54, 1.807) is 12.4 Å². The molecule has 0 spiro atoms. The maximum absolute atomic E-state index is 11.3. The number of aliphatic carboxylic acids is 1. The van der Waals surface area contributed by atoms with E-state index in [9.17, 15) is 9.90 Å². The van der Waals surface area contributed by atoms with E-state index in [1.807, 2.05) is 12.1 Å². The number of hydrogen-bond acceptors (Lipinski definition) is 2. The second kappa shape index (κ2) is 5.98. The van der Waals surface area contributed by atoms with E-state index in [0.29, 0.717) is 5.92 Å². The fraction of sp³-hybridized carbons (Fsp3) is 0.600. The average Bonchev–Trinajstić information content (AvgIpc) is 2.39. The minimum atomic E-state index is -0.622. The molecule has 98 valence electrons. The maximum atomic E-state index is 11.3. The molecule has 1 aromatic heterocycles. The Kier molecular flexibility index (Phi) is 4.34. The number of nitrogens with zero attached hydrogens (tertiary/aromatic N) is 1. The molecule has 0 amide bonds. The van der Waals surface area contributed by atoms with E-state index >= 15 is 0 Å². The van der Waals surface area contributed by atoms with Crippen LogP contribution in [0.4, 0.5) is 0 Å². The molecule has 1 heterocycles. The van der Waals surface area contributed by atoms with Crippen LogP contribution in [0.3, 0.4) is 0 Å². The van der Waals surface area contributed by atoms with E-state index in [-0.39, 0.29) is 11.8 Å². The summed E-state index contributed by atoms with van der Waals surface area (Å²) in [6.07, 6.45) is 8.56. The third kappa shape index (κ3) is 3.09. The first-order valence-corrected chi connectivity index (χ1v) is 6.82. The molecule has 2 rings (SSSR count). The highest BCUT2D eigenvalue weighted by molar-refractivity contribution is 5.70. The molecule has 3 atom stereocenters. The molecule has 1 aliphatic carbocycles. The maximum Gasteiger partial charge on any atom is 0.306 e. The zero-order valence-electron chi connectivity index (χ0n) is 10.9. The average molecular weight is 247 g/mol. The van der Waals surface area contributed by atoms with Crippen LogP contribution < -0.4 is 0 Å². The predicted molar refractivity (Wildman–Crippen MR) is 70.2 cm³/mol. The Morgan fingerprint density at radius 3 is 2.72 bits per heavy atom. The van der Waals surface area contributed by atoms with Gasteiger partial charge in [-0.3, -0.25) is 9.78 Å². The van der Waals surface area contributed by atoms with Gasteiger partial charge in [-0.1, -0.05) is 13.3 Å². The predicted octanol–water partition coefficient (Wildman–Crippen LogP) is 3.15. The van der Waals surface area contributed by atoms with Gasteiger partial charge < -0.3 is 5.11 Å². The van der Waals surface area contributed by atoms with E-state index in [1.165, 1.54) is 12.0 Å². The highest BCUT2D eigenvalue weighted by Gasteiger charge is 2.34. The number of aromatic nitrogens is 1. The lowest BCUT2D eigenvalue weighted by molar-refractivity contribution is -0.145. The van der Waals surface area contributed by atoms with Crippen LogP contribution in [-0.4, -0.2) is 16.1 Å². The van der Waals surface area contributed by atoms with Crippen molar-refractivity contribution < 1.29 is 9.90 Å². The van der Waals surface area contributed by atoms with Crippen molar-refractivity contribution in [1.82, 2.24) is 4.98 Å². The van der Waals surface area contributed by atoms with Crippen LogP contribution in [0.1, 0.15) is 38.2 Å². The summed E-state index contributed by atoms with van der Waals surface area (Å²) in [4.78, 5) is 15.3. The zero-order chi connectivity index (χ0) is 13.0. The fourth-order valence-electron chi connectivity index (χ4n) is 3.10. The molecule has 1 N–H and O–H groups in total. The van der Waals surface area contributed by atoms with Crippen molar-refractivity contribution in [2.75, 3.05) is 0 Å². The van der Waals surface area contributed by atoms with Crippen molar-refractivity contribution in [3.63, 3.8) is 0 Å².